The molecule has 130 valence electrons. The zero-order valence-electron chi connectivity index (χ0n) is 15.0. The molecule has 4 aliphatic heterocycles. The molecule has 3 unspecified atom stereocenters. The van der Waals surface area contributed by atoms with Crippen LogP contribution in [0.25, 0.3) is 10.9 Å². The highest BCUT2D eigenvalue weighted by Gasteiger charge is 2.53. The van der Waals surface area contributed by atoms with Crippen molar-refractivity contribution in [1.82, 2.24) is 9.47 Å². The van der Waals surface area contributed by atoms with Crippen LogP contribution in [0.4, 0.5) is 0 Å². The van der Waals surface area contributed by atoms with Gasteiger partial charge < -0.3 is 14.1 Å². The summed E-state index contributed by atoms with van der Waals surface area (Å²) in [6, 6.07) is 7.08. The van der Waals surface area contributed by atoms with Gasteiger partial charge in [0.05, 0.1) is 18.7 Å². The Hall–Kier alpha value is -2.07. The maximum absolute atomic E-state index is 11.9. The molecule has 0 spiro atoms. The molecule has 5 heterocycles. The van der Waals surface area contributed by atoms with Crippen LogP contribution in [0.15, 0.2) is 29.8 Å². The van der Waals surface area contributed by atoms with E-state index in [1.165, 1.54) is 34.0 Å². The molecule has 1 aromatic carbocycles. The average molecular weight is 336 g/mol. The van der Waals surface area contributed by atoms with Crippen molar-refractivity contribution in [3.63, 3.8) is 0 Å². The number of aldehydes is 1. The Bertz CT molecular complexity index is 910. The first-order valence-electron chi connectivity index (χ1n) is 9.19. The fourth-order valence-corrected chi connectivity index (χ4v) is 5.81. The first-order valence-corrected chi connectivity index (χ1v) is 9.19. The Labute approximate surface area is 148 Å². The Kier molecular flexibility index (Phi) is 3.17. The third-order valence-corrected chi connectivity index (χ3v) is 6.86. The van der Waals surface area contributed by atoms with Crippen molar-refractivity contribution in [2.75, 3.05) is 13.7 Å². The number of hydrogen-bond acceptors (Lipinski definition) is 3. The maximum atomic E-state index is 11.9. The van der Waals surface area contributed by atoms with Crippen LogP contribution in [0.5, 0.6) is 5.75 Å². The smallest absolute Gasteiger partial charge is 0.143 e. The number of allylic oxidation sites excluding steroid dienone is 1. The molecular weight excluding hydrogens is 312 g/mol. The normalized spacial score (nSPS) is 34.4. The van der Waals surface area contributed by atoms with Crippen molar-refractivity contribution in [1.29, 1.82) is 0 Å². The largest absolute Gasteiger partial charge is 0.495 e. The SMILES string of the molecule is C/C=C1/CN2[C@H]3CC1C(C=O)[C@@H]2Cc1c3n(C)c2c(OC)cccc12. The number of nitrogens with zero attached hydrogens (tertiary/aromatic N) is 2. The third-order valence-electron chi connectivity index (χ3n) is 6.86. The molecule has 25 heavy (non-hydrogen) atoms. The monoisotopic (exact) mass is 336 g/mol. The fourth-order valence-electron chi connectivity index (χ4n) is 5.81. The zero-order valence-corrected chi connectivity index (χ0v) is 15.0. The van der Waals surface area contributed by atoms with Crippen LogP contribution in [-0.2, 0) is 18.3 Å². The number of para-hydroxylation sites is 1. The number of ether oxygens (including phenoxy) is 1. The van der Waals surface area contributed by atoms with Crippen molar-refractivity contribution < 1.29 is 9.53 Å². The summed E-state index contributed by atoms with van der Waals surface area (Å²) >= 11 is 0. The lowest BCUT2D eigenvalue weighted by molar-refractivity contribution is -0.121. The van der Waals surface area contributed by atoms with Crippen molar-refractivity contribution >= 4 is 17.2 Å². The molecule has 5 atom stereocenters. The molecule has 3 saturated heterocycles. The summed E-state index contributed by atoms with van der Waals surface area (Å²) in [7, 11) is 3.91. The number of hydrogen-bond donors (Lipinski definition) is 0. The molecule has 0 N–H and O–H groups in total. The third kappa shape index (κ3) is 1.78. The Morgan fingerprint density at radius 2 is 2.16 bits per heavy atom. The van der Waals surface area contributed by atoms with Crippen molar-refractivity contribution in [2.24, 2.45) is 18.9 Å². The van der Waals surface area contributed by atoms with Gasteiger partial charge in [0.2, 0.25) is 0 Å². The van der Waals surface area contributed by atoms with E-state index >= 15 is 0 Å². The lowest BCUT2D eigenvalue weighted by Crippen LogP contribution is -2.60. The molecule has 1 aromatic heterocycles. The topological polar surface area (TPSA) is 34.5 Å². The number of rotatable bonds is 2. The molecule has 3 fully saturated rings. The number of carbonyl (C=O) groups is 1. The Morgan fingerprint density at radius 3 is 2.88 bits per heavy atom. The molecule has 4 bridgehead atoms. The summed E-state index contributed by atoms with van der Waals surface area (Å²) in [5.74, 6) is 1.48. The van der Waals surface area contributed by atoms with Crippen LogP contribution < -0.4 is 4.74 Å². The van der Waals surface area contributed by atoms with Gasteiger partial charge in [-0.2, -0.15) is 0 Å². The zero-order chi connectivity index (χ0) is 17.3. The second-order valence-electron chi connectivity index (χ2n) is 7.66. The number of aromatic nitrogens is 1. The van der Waals surface area contributed by atoms with Gasteiger partial charge in [-0.1, -0.05) is 23.8 Å². The minimum atomic E-state index is 0.130. The van der Waals surface area contributed by atoms with Crippen LogP contribution in [0, 0.1) is 11.8 Å². The number of piperidine rings is 3. The second-order valence-corrected chi connectivity index (χ2v) is 7.66. The van der Waals surface area contributed by atoms with E-state index in [9.17, 15) is 4.79 Å². The van der Waals surface area contributed by atoms with E-state index in [-0.39, 0.29) is 5.92 Å². The van der Waals surface area contributed by atoms with E-state index in [2.05, 4.69) is 41.6 Å². The summed E-state index contributed by atoms with van der Waals surface area (Å²) in [6.07, 6.45) is 5.47. The maximum Gasteiger partial charge on any atom is 0.143 e. The van der Waals surface area contributed by atoms with Crippen LogP contribution >= 0.6 is 0 Å². The van der Waals surface area contributed by atoms with Crippen LogP contribution in [0.1, 0.15) is 30.6 Å². The number of aryl methyl sites for hydroxylation is 1. The molecule has 0 amide bonds. The van der Waals surface area contributed by atoms with E-state index in [0.717, 1.165) is 25.1 Å². The minimum Gasteiger partial charge on any atom is -0.495 e. The fraction of sp³-hybridized carbons (Fsp3) is 0.476. The van der Waals surface area contributed by atoms with Gasteiger partial charge in [0.15, 0.2) is 0 Å². The second kappa shape index (κ2) is 5.21. The standard InChI is InChI=1S/C21H24N2O2/c1-4-12-10-23-17-9-15-13-6-5-7-19(25-3)21(13)22(2)20(15)18(23)8-14(12)16(17)11-24/h4-7,11,14,16-18H,8-10H2,1-3H3/b12-4-/t14?,16?,17-,18-/m0/s1. The summed E-state index contributed by atoms with van der Waals surface area (Å²) in [4.78, 5) is 14.5. The average Bonchev–Trinajstić information content (AvgIpc) is 2.94. The minimum absolute atomic E-state index is 0.130. The predicted molar refractivity (Wildman–Crippen MR) is 97.8 cm³/mol. The van der Waals surface area contributed by atoms with Gasteiger partial charge in [-0.05, 0) is 37.3 Å². The lowest BCUT2D eigenvalue weighted by Gasteiger charge is -2.57. The van der Waals surface area contributed by atoms with Gasteiger partial charge in [-0.15, -0.1) is 0 Å². The Balaban J connectivity index is 1.74. The molecular formula is C21H24N2O2. The molecule has 2 aromatic rings. The number of fused-ring (bicyclic) bond motifs is 4. The summed E-state index contributed by atoms with van der Waals surface area (Å²) in [6.45, 7) is 3.13. The first-order chi connectivity index (χ1) is 12.2. The number of carbonyl (C=O) groups excluding carboxylic acids is 1. The molecule has 6 rings (SSSR count). The first kappa shape index (κ1) is 15.2. The number of benzene rings is 1. The highest BCUT2D eigenvalue weighted by atomic mass is 16.5. The summed E-state index contributed by atoms with van der Waals surface area (Å²) in [5, 5.41) is 1.29. The molecule has 4 nitrogen and oxygen atoms in total. The molecule has 4 heteroatoms. The number of methoxy groups -OCH3 is 1. The molecule has 0 radical (unpaired) electrons. The highest BCUT2D eigenvalue weighted by molar-refractivity contribution is 5.91. The van der Waals surface area contributed by atoms with Crippen molar-refractivity contribution in [2.45, 2.75) is 31.8 Å². The quantitative estimate of drug-likeness (QED) is 0.624. The van der Waals surface area contributed by atoms with Crippen LogP contribution in [-0.4, -0.2) is 35.4 Å². The molecule has 4 aliphatic rings. The van der Waals surface area contributed by atoms with Crippen LogP contribution in [0.3, 0.4) is 0 Å². The van der Waals surface area contributed by atoms with Crippen molar-refractivity contribution in [3.05, 3.63) is 41.1 Å². The van der Waals surface area contributed by atoms with E-state index in [0.29, 0.717) is 18.0 Å². The highest BCUT2D eigenvalue weighted by Crippen LogP contribution is 2.54. The van der Waals surface area contributed by atoms with Gasteiger partial charge in [0.1, 0.15) is 12.0 Å². The summed E-state index contributed by atoms with van der Waals surface area (Å²) < 4.78 is 7.98. The van der Waals surface area contributed by atoms with Crippen LogP contribution in [0.2, 0.25) is 0 Å². The van der Waals surface area contributed by atoms with E-state index in [1.807, 2.05) is 6.07 Å². The lowest BCUT2D eigenvalue weighted by atomic mass is 9.64. The van der Waals surface area contributed by atoms with E-state index in [1.54, 1.807) is 7.11 Å². The van der Waals surface area contributed by atoms with Crippen molar-refractivity contribution in [3.8, 4) is 5.75 Å². The van der Waals surface area contributed by atoms with Gasteiger partial charge >= 0.3 is 0 Å². The van der Waals surface area contributed by atoms with Gasteiger partial charge in [-0.25, -0.2) is 0 Å². The molecule has 0 saturated carbocycles. The Morgan fingerprint density at radius 1 is 1.32 bits per heavy atom. The molecule has 0 aliphatic carbocycles. The van der Waals surface area contributed by atoms with E-state index in [4.69, 9.17) is 4.74 Å². The van der Waals surface area contributed by atoms with Gasteiger partial charge in [-0.3, -0.25) is 4.90 Å². The van der Waals surface area contributed by atoms with Gasteiger partial charge in [0, 0.05) is 36.6 Å². The van der Waals surface area contributed by atoms with E-state index < -0.39 is 0 Å². The predicted octanol–water partition coefficient (Wildman–Crippen LogP) is 3.25. The van der Waals surface area contributed by atoms with Gasteiger partial charge in [0.25, 0.3) is 0 Å². The summed E-state index contributed by atoms with van der Waals surface area (Å²) in [5.41, 5.74) is 5.50.